The van der Waals surface area contributed by atoms with Gasteiger partial charge >= 0.3 is 0 Å². The van der Waals surface area contributed by atoms with Crippen LogP contribution in [0, 0.1) is 17.2 Å². The molecule has 0 unspecified atom stereocenters. The number of benzene rings is 2. The van der Waals surface area contributed by atoms with Gasteiger partial charge in [0.1, 0.15) is 17.6 Å². The minimum atomic E-state index is -0.618. The fourth-order valence-electron chi connectivity index (χ4n) is 3.20. The summed E-state index contributed by atoms with van der Waals surface area (Å²) in [4.78, 5) is 12.5. The molecule has 1 heterocycles. The lowest BCUT2D eigenvalue weighted by molar-refractivity contribution is -0.117. The maximum Gasteiger partial charge on any atom is 0.265 e. The van der Waals surface area contributed by atoms with E-state index in [-0.39, 0.29) is 23.6 Å². The number of carbonyl (C=O) groups excluding carboxylic acids is 1. The van der Waals surface area contributed by atoms with E-state index < -0.39 is 5.91 Å². The van der Waals surface area contributed by atoms with Crippen LogP contribution in [0.2, 0.25) is 0 Å². The molecular formula is C25H27N5O3S. The number of hydrogen-bond donors (Lipinski definition) is 2. The number of nitrogens with one attached hydrogen (secondary N) is 1. The van der Waals surface area contributed by atoms with Crippen LogP contribution in [0.1, 0.15) is 19.4 Å². The minimum absolute atomic E-state index is 0.0144. The number of amides is 1. The van der Waals surface area contributed by atoms with Crippen molar-refractivity contribution in [2.45, 2.75) is 32.1 Å². The third-order valence-corrected chi connectivity index (χ3v) is 5.85. The fourth-order valence-corrected chi connectivity index (χ4v) is 4.02. The molecular weight excluding hydrogens is 450 g/mol. The lowest BCUT2D eigenvalue weighted by Crippen LogP contribution is -2.25. The smallest absolute Gasteiger partial charge is 0.265 e. The predicted molar refractivity (Wildman–Crippen MR) is 131 cm³/mol. The van der Waals surface area contributed by atoms with Crippen LogP contribution < -0.4 is 10.1 Å². The molecule has 0 saturated heterocycles. The molecule has 0 fully saturated rings. The molecule has 3 rings (SSSR count). The van der Waals surface area contributed by atoms with Gasteiger partial charge in [0.25, 0.3) is 5.91 Å². The average Bonchev–Trinajstić information content (AvgIpc) is 3.24. The van der Waals surface area contributed by atoms with Crippen molar-refractivity contribution in [3.63, 3.8) is 0 Å². The van der Waals surface area contributed by atoms with Crippen molar-refractivity contribution in [3.05, 3.63) is 71.5 Å². The first-order valence-corrected chi connectivity index (χ1v) is 11.8. The Morgan fingerprint density at radius 1 is 1.18 bits per heavy atom. The largest absolute Gasteiger partial charge is 0.510 e. The second-order valence-corrected chi connectivity index (χ2v) is 8.87. The first kappa shape index (κ1) is 24.9. The van der Waals surface area contributed by atoms with Crippen LogP contribution >= 0.6 is 11.8 Å². The quantitative estimate of drug-likeness (QED) is 0.193. The van der Waals surface area contributed by atoms with Crippen molar-refractivity contribution in [1.29, 1.82) is 5.26 Å². The van der Waals surface area contributed by atoms with Crippen LogP contribution in [0.15, 0.2) is 71.1 Å². The maximum atomic E-state index is 12.5. The number of carbonyl (C=O) groups is 1. The van der Waals surface area contributed by atoms with Gasteiger partial charge in [-0.25, -0.2) is 0 Å². The van der Waals surface area contributed by atoms with E-state index in [4.69, 9.17) is 4.74 Å². The van der Waals surface area contributed by atoms with Crippen molar-refractivity contribution < 1.29 is 14.6 Å². The molecule has 34 heavy (non-hydrogen) atoms. The molecule has 0 saturated carbocycles. The van der Waals surface area contributed by atoms with Crippen molar-refractivity contribution >= 4 is 17.7 Å². The van der Waals surface area contributed by atoms with Gasteiger partial charge in [-0.15, -0.1) is 10.2 Å². The maximum absolute atomic E-state index is 12.5. The zero-order valence-electron chi connectivity index (χ0n) is 19.4. The number of hydrogen-bond acceptors (Lipinski definition) is 7. The fraction of sp³-hybridized carbons (Fsp3) is 0.280. The lowest BCUT2D eigenvalue weighted by atomic mass is 10.2. The van der Waals surface area contributed by atoms with E-state index in [1.54, 1.807) is 7.11 Å². The van der Waals surface area contributed by atoms with Crippen LogP contribution in [0.3, 0.4) is 0 Å². The van der Waals surface area contributed by atoms with E-state index >= 15 is 0 Å². The minimum Gasteiger partial charge on any atom is -0.510 e. The molecule has 0 radical (unpaired) electrons. The number of aliphatic hydroxyl groups is 1. The zero-order valence-corrected chi connectivity index (χ0v) is 20.2. The molecule has 1 aromatic heterocycles. The molecule has 0 spiro atoms. The SMILES string of the molecule is COc1ccc(-c2nnc(SC/C(O)=C(\C#N)C(=O)NCc3ccccc3)n2CC(C)C)cc1. The molecule has 8 nitrogen and oxygen atoms in total. The molecule has 9 heteroatoms. The van der Waals surface area contributed by atoms with Gasteiger partial charge in [-0.05, 0) is 35.7 Å². The van der Waals surface area contributed by atoms with Crippen LogP contribution in [0.4, 0.5) is 0 Å². The topological polar surface area (TPSA) is 113 Å². The van der Waals surface area contributed by atoms with Crippen LogP contribution in [0.25, 0.3) is 11.4 Å². The summed E-state index contributed by atoms with van der Waals surface area (Å²) < 4.78 is 7.20. The van der Waals surface area contributed by atoms with Gasteiger partial charge in [0, 0.05) is 18.7 Å². The Morgan fingerprint density at radius 2 is 1.88 bits per heavy atom. The second-order valence-electron chi connectivity index (χ2n) is 7.93. The van der Waals surface area contributed by atoms with E-state index in [1.165, 1.54) is 11.8 Å². The van der Waals surface area contributed by atoms with Gasteiger partial charge in [-0.1, -0.05) is 55.9 Å². The highest BCUT2D eigenvalue weighted by atomic mass is 32.2. The summed E-state index contributed by atoms with van der Waals surface area (Å²) in [5.74, 6) is 0.868. The van der Waals surface area contributed by atoms with Gasteiger partial charge in [-0.3, -0.25) is 4.79 Å². The van der Waals surface area contributed by atoms with Gasteiger partial charge in [0.15, 0.2) is 16.6 Å². The summed E-state index contributed by atoms with van der Waals surface area (Å²) in [6.07, 6.45) is 0. The molecule has 0 aliphatic heterocycles. The van der Waals surface area contributed by atoms with Crippen LogP contribution in [-0.4, -0.2) is 38.6 Å². The number of aliphatic hydroxyl groups excluding tert-OH is 1. The summed E-state index contributed by atoms with van der Waals surface area (Å²) in [6, 6.07) is 18.7. The number of methoxy groups -OCH3 is 1. The Morgan fingerprint density at radius 3 is 2.50 bits per heavy atom. The molecule has 2 N–H and O–H groups in total. The average molecular weight is 478 g/mol. The van der Waals surface area contributed by atoms with Gasteiger partial charge in [0.2, 0.25) is 0 Å². The Hall–Kier alpha value is -3.77. The third-order valence-electron chi connectivity index (χ3n) is 4.87. The zero-order chi connectivity index (χ0) is 24.5. The van der Waals surface area contributed by atoms with Crippen LogP contribution in [0.5, 0.6) is 5.75 Å². The highest BCUT2D eigenvalue weighted by molar-refractivity contribution is 7.99. The van der Waals surface area contributed by atoms with Crippen LogP contribution in [-0.2, 0) is 17.9 Å². The monoisotopic (exact) mass is 477 g/mol. The molecule has 176 valence electrons. The number of rotatable bonds is 10. The van der Waals surface area contributed by atoms with E-state index in [0.717, 1.165) is 16.9 Å². The van der Waals surface area contributed by atoms with Crippen molar-refractivity contribution in [2.24, 2.45) is 5.92 Å². The van der Waals surface area contributed by atoms with Crippen molar-refractivity contribution in [3.8, 4) is 23.2 Å². The second kappa shape index (κ2) is 11.9. The van der Waals surface area contributed by atoms with Crippen molar-refractivity contribution in [2.75, 3.05) is 12.9 Å². The predicted octanol–water partition coefficient (Wildman–Crippen LogP) is 4.35. The summed E-state index contributed by atoms with van der Waals surface area (Å²) in [5.41, 5.74) is 1.47. The summed E-state index contributed by atoms with van der Waals surface area (Å²) in [5, 5.41) is 31.8. The van der Waals surface area contributed by atoms with Gasteiger partial charge in [0.05, 0.1) is 12.9 Å². The summed E-state index contributed by atoms with van der Waals surface area (Å²) in [6.45, 7) is 5.12. The number of ether oxygens (including phenoxy) is 1. The highest BCUT2D eigenvalue weighted by Crippen LogP contribution is 2.27. The molecule has 0 aliphatic rings. The van der Waals surface area contributed by atoms with Gasteiger partial charge < -0.3 is 19.7 Å². The lowest BCUT2D eigenvalue weighted by Gasteiger charge is -2.13. The van der Waals surface area contributed by atoms with E-state index in [2.05, 4.69) is 29.4 Å². The molecule has 0 bridgehead atoms. The first-order chi connectivity index (χ1) is 16.4. The summed E-state index contributed by atoms with van der Waals surface area (Å²) >= 11 is 1.22. The van der Waals surface area contributed by atoms with E-state index in [0.29, 0.717) is 23.4 Å². The number of nitriles is 1. The number of nitrogens with zero attached hydrogens (tertiary/aromatic N) is 4. The Labute approximate surface area is 203 Å². The Kier molecular flexibility index (Phi) is 8.71. The highest BCUT2D eigenvalue weighted by Gasteiger charge is 2.19. The number of aromatic nitrogens is 3. The molecule has 1 amide bonds. The van der Waals surface area contributed by atoms with Gasteiger partial charge in [-0.2, -0.15) is 5.26 Å². The Balaban J connectivity index is 1.75. The molecule has 0 atom stereocenters. The Bertz CT molecular complexity index is 1180. The normalized spacial score (nSPS) is 11.6. The molecule has 0 aliphatic carbocycles. The molecule has 3 aromatic rings. The van der Waals surface area contributed by atoms with E-state index in [9.17, 15) is 15.2 Å². The third kappa shape index (κ3) is 6.39. The number of thioether (sulfide) groups is 1. The molecule has 2 aromatic carbocycles. The van der Waals surface area contributed by atoms with E-state index in [1.807, 2.05) is 65.2 Å². The van der Waals surface area contributed by atoms with Crippen molar-refractivity contribution in [1.82, 2.24) is 20.1 Å². The first-order valence-electron chi connectivity index (χ1n) is 10.8. The summed E-state index contributed by atoms with van der Waals surface area (Å²) in [7, 11) is 1.61. The standard InChI is InChI=1S/C25H27N5O3S/c1-17(2)15-30-23(19-9-11-20(33-3)12-10-19)28-29-25(30)34-16-22(31)21(13-26)24(32)27-14-18-7-5-4-6-8-18/h4-12,17,31H,14-16H2,1-3H3,(H,27,32)/b22-21-.